The van der Waals surface area contributed by atoms with Gasteiger partial charge in [0.15, 0.2) is 0 Å². The summed E-state index contributed by atoms with van der Waals surface area (Å²) in [6.07, 6.45) is 0. The quantitative estimate of drug-likeness (QED) is 0.784. The molecule has 1 fully saturated rings. The Kier molecular flexibility index (Phi) is 4.33. The number of hydrogen-bond acceptors (Lipinski definition) is 3. The van der Waals surface area contributed by atoms with Crippen molar-refractivity contribution in [2.45, 2.75) is 33.5 Å². The highest BCUT2D eigenvalue weighted by molar-refractivity contribution is 6.02. The third-order valence-electron chi connectivity index (χ3n) is 4.38. The summed E-state index contributed by atoms with van der Waals surface area (Å²) in [4.78, 5) is 13.3. The SMILES string of the molecule is Cc1ccc(C(=O)C2(c3ccc(C)cc3)OCC(C)(C)CO2)cc1. The van der Waals surface area contributed by atoms with Crippen LogP contribution in [0.5, 0.6) is 0 Å². The van der Waals surface area contributed by atoms with Crippen LogP contribution in [0.3, 0.4) is 0 Å². The lowest BCUT2D eigenvalue weighted by Crippen LogP contribution is -2.50. The number of ether oxygens (including phenoxy) is 2. The van der Waals surface area contributed by atoms with Gasteiger partial charge in [0.2, 0.25) is 5.78 Å². The minimum Gasteiger partial charge on any atom is -0.339 e. The van der Waals surface area contributed by atoms with Crippen LogP contribution in [-0.4, -0.2) is 19.0 Å². The number of ketones is 1. The lowest BCUT2D eigenvalue weighted by Gasteiger charge is -2.42. The Morgan fingerprint density at radius 2 is 1.29 bits per heavy atom. The normalized spacial score (nSPS) is 19.0. The summed E-state index contributed by atoms with van der Waals surface area (Å²) in [5.74, 6) is -1.51. The number of hydrogen-bond donors (Lipinski definition) is 0. The molecule has 0 saturated carbocycles. The largest absolute Gasteiger partial charge is 0.339 e. The molecule has 0 amide bonds. The van der Waals surface area contributed by atoms with Gasteiger partial charge in [-0.15, -0.1) is 0 Å². The molecule has 0 radical (unpaired) electrons. The van der Waals surface area contributed by atoms with E-state index in [9.17, 15) is 4.79 Å². The highest BCUT2D eigenvalue weighted by atomic mass is 16.7. The fraction of sp³-hybridized carbons (Fsp3) is 0.381. The second-order valence-corrected chi connectivity index (χ2v) is 7.42. The van der Waals surface area contributed by atoms with E-state index >= 15 is 0 Å². The van der Waals surface area contributed by atoms with E-state index in [4.69, 9.17) is 9.47 Å². The van der Waals surface area contributed by atoms with Gasteiger partial charge in [-0.05, 0) is 13.8 Å². The number of Topliss-reactive ketones (excluding diaryl/α,β-unsaturated/α-hetero) is 1. The van der Waals surface area contributed by atoms with Gasteiger partial charge in [-0.25, -0.2) is 0 Å². The molecule has 0 atom stereocenters. The van der Waals surface area contributed by atoms with Crippen molar-refractivity contribution in [2.24, 2.45) is 5.41 Å². The summed E-state index contributed by atoms with van der Waals surface area (Å²) < 4.78 is 12.2. The molecule has 3 rings (SSSR count). The number of aryl methyl sites for hydroxylation is 2. The maximum Gasteiger partial charge on any atom is 0.261 e. The summed E-state index contributed by atoms with van der Waals surface area (Å²) in [5.41, 5.74) is 3.48. The van der Waals surface area contributed by atoms with Gasteiger partial charge in [0.1, 0.15) is 0 Å². The lowest BCUT2D eigenvalue weighted by molar-refractivity contribution is -0.275. The van der Waals surface area contributed by atoms with E-state index < -0.39 is 5.79 Å². The van der Waals surface area contributed by atoms with E-state index in [1.807, 2.05) is 62.4 Å². The van der Waals surface area contributed by atoms with Crippen LogP contribution in [0.15, 0.2) is 48.5 Å². The Hall–Kier alpha value is -1.97. The Balaban J connectivity index is 2.03. The summed E-state index contributed by atoms with van der Waals surface area (Å²) in [6, 6.07) is 15.3. The monoisotopic (exact) mass is 324 g/mol. The molecule has 0 aliphatic carbocycles. The highest BCUT2D eigenvalue weighted by Gasteiger charge is 2.48. The second-order valence-electron chi connectivity index (χ2n) is 7.42. The van der Waals surface area contributed by atoms with Crippen LogP contribution < -0.4 is 0 Å². The van der Waals surface area contributed by atoms with Crippen molar-refractivity contribution in [3.8, 4) is 0 Å². The zero-order chi connectivity index (χ0) is 17.4. The summed E-state index contributed by atoms with van der Waals surface area (Å²) in [5, 5.41) is 0. The number of carbonyl (C=O) groups excluding carboxylic acids is 1. The molecule has 1 aliphatic rings. The number of benzene rings is 2. The topological polar surface area (TPSA) is 35.5 Å². The molecule has 1 heterocycles. The van der Waals surface area contributed by atoms with Gasteiger partial charge in [0.25, 0.3) is 5.79 Å². The first-order valence-electron chi connectivity index (χ1n) is 8.29. The van der Waals surface area contributed by atoms with Gasteiger partial charge in [0.05, 0.1) is 13.2 Å². The first-order chi connectivity index (χ1) is 11.3. The molecule has 24 heavy (non-hydrogen) atoms. The maximum absolute atomic E-state index is 13.3. The Morgan fingerprint density at radius 3 is 1.79 bits per heavy atom. The van der Waals surface area contributed by atoms with Crippen molar-refractivity contribution in [2.75, 3.05) is 13.2 Å². The van der Waals surface area contributed by atoms with Gasteiger partial charge in [-0.3, -0.25) is 4.79 Å². The molecule has 1 aliphatic heterocycles. The molecule has 126 valence electrons. The predicted octanol–water partition coefficient (Wildman–Crippen LogP) is 4.41. The molecule has 3 heteroatoms. The number of rotatable bonds is 3. The fourth-order valence-electron chi connectivity index (χ4n) is 2.77. The smallest absolute Gasteiger partial charge is 0.261 e. The Morgan fingerprint density at radius 1 is 0.833 bits per heavy atom. The molecule has 0 spiro atoms. The lowest BCUT2D eigenvalue weighted by atomic mass is 9.90. The highest BCUT2D eigenvalue weighted by Crippen LogP contribution is 2.39. The molecule has 1 saturated heterocycles. The second kappa shape index (κ2) is 6.15. The van der Waals surface area contributed by atoms with Crippen molar-refractivity contribution in [3.05, 3.63) is 70.8 Å². The summed E-state index contributed by atoms with van der Waals surface area (Å²) >= 11 is 0. The average molecular weight is 324 g/mol. The molecule has 0 bridgehead atoms. The first-order valence-corrected chi connectivity index (χ1v) is 8.29. The van der Waals surface area contributed by atoms with Crippen LogP contribution in [0.4, 0.5) is 0 Å². The van der Waals surface area contributed by atoms with Crippen molar-refractivity contribution in [1.29, 1.82) is 0 Å². The van der Waals surface area contributed by atoms with Crippen LogP contribution in [-0.2, 0) is 15.3 Å². The molecule has 3 nitrogen and oxygen atoms in total. The molecule has 2 aromatic carbocycles. The van der Waals surface area contributed by atoms with Gasteiger partial charge >= 0.3 is 0 Å². The van der Waals surface area contributed by atoms with Crippen LogP contribution in [0.1, 0.15) is 40.9 Å². The summed E-state index contributed by atoms with van der Waals surface area (Å²) in [6.45, 7) is 9.10. The molecular weight excluding hydrogens is 300 g/mol. The van der Waals surface area contributed by atoms with Crippen LogP contribution in [0.25, 0.3) is 0 Å². The van der Waals surface area contributed by atoms with Crippen LogP contribution >= 0.6 is 0 Å². The van der Waals surface area contributed by atoms with Crippen molar-refractivity contribution >= 4 is 5.78 Å². The summed E-state index contributed by atoms with van der Waals surface area (Å²) in [7, 11) is 0. The third kappa shape index (κ3) is 3.14. The molecule has 0 aromatic heterocycles. The van der Waals surface area contributed by atoms with E-state index in [0.29, 0.717) is 18.8 Å². The zero-order valence-corrected chi connectivity index (χ0v) is 14.8. The predicted molar refractivity (Wildman–Crippen MR) is 94.1 cm³/mol. The van der Waals surface area contributed by atoms with E-state index in [2.05, 4.69) is 13.8 Å². The third-order valence-corrected chi connectivity index (χ3v) is 4.38. The Bertz CT molecular complexity index is 717. The molecule has 0 N–H and O–H groups in total. The van der Waals surface area contributed by atoms with Crippen molar-refractivity contribution in [3.63, 3.8) is 0 Å². The zero-order valence-electron chi connectivity index (χ0n) is 14.8. The van der Waals surface area contributed by atoms with Crippen molar-refractivity contribution in [1.82, 2.24) is 0 Å². The van der Waals surface area contributed by atoms with E-state index in [1.165, 1.54) is 0 Å². The first kappa shape index (κ1) is 16.9. The van der Waals surface area contributed by atoms with Crippen LogP contribution in [0, 0.1) is 19.3 Å². The number of carbonyl (C=O) groups is 1. The van der Waals surface area contributed by atoms with Gasteiger partial charge in [0, 0.05) is 16.5 Å². The minimum atomic E-state index is -1.36. The van der Waals surface area contributed by atoms with Crippen LogP contribution in [0.2, 0.25) is 0 Å². The minimum absolute atomic E-state index is 0.109. The molecule has 0 unspecified atom stereocenters. The Labute approximate surface area is 143 Å². The van der Waals surface area contributed by atoms with E-state index in [-0.39, 0.29) is 11.2 Å². The maximum atomic E-state index is 13.3. The van der Waals surface area contributed by atoms with E-state index in [0.717, 1.165) is 16.7 Å². The molecular formula is C21H24O3. The van der Waals surface area contributed by atoms with Crippen molar-refractivity contribution < 1.29 is 14.3 Å². The van der Waals surface area contributed by atoms with Gasteiger partial charge < -0.3 is 9.47 Å². The van der Waals surface area contributed by atoms with Gasteiger partial charge in [-0.2, -0.15) is 0 Å². The molecule has 2 aromatic rings. The standard InChI is InChI=1S/C21H24O3/c1-15-5-9-17(10-6-15)19(22)21(18-11-7-16(2)8-12-18)23-13-20(3,4)14-24-21/h5-12H,13-14H2,1-4H3. The van der Waals surface area contributed by atoms with E-state index in [1.54, 1.807) is 0 Å². The fourth-order valence-corrected chi connectivity index (χ4v) is 2.77. The average Bonchev–Trinajstić information content (AvgIpc) is 2.56. The van der Waals surface area contributed by atoms with Gasteiger partial charge in [-0.1, -0.05) is 73.5 Å².